The molecule has 2 aromatic carbocycles. The summed E-state index contributed by atoms with van der Waals surface area (Å²) in [7, 11) is 0. The number of hydrogen-bond donors (Lipinski definition) is 1. The monoisotopic (exact) mass is 380 g/mol. The van der Waals surface area contributed by atoms with Crippen LogP contribution in [0.4, 0.5) is 0 Å². The lowest BCUT2D eigenvalue weighted by Gasteiger charge is -2.27. The first-order valence-corrected chi connectivity index (χ1v) is 9.34. The average Bonchev–Trinajstić information content (AvgIpc) is 2.90. The van der Waals surface area contributed by atoms with E-state index in [0.29, 0.717) is 0 Å². The molecule has 6 nitrogen and oxygen atoms in total. The SMILES string of the molecule is CCOC(=O)[C@@H](Cc1ccccc1)N1C(=O)C[C@](N)(Cc2ccccc2)C1=O. The summed E-state index contributed by atoms with van der Waals surface area (Å²) in [6.45, 7) is 1.85. The second-order valence-electron chi connectivity index (χ2n) is 7.02. The van der Waals surface area contributed by atoms with Crippen LogP contribution in [0.2, 0.25) is 0 Å². The van der Waals surface area contributed by atoms with Crippen molar-refractivity contribution in [3.8, 4) is 0 Å². The number of hydrogen-bond acceptors (Lipinski definition) is 5. The van der Waals surface area contributed by atoms with Crippen LogP contribution >= 0.6 is 0 Å². The zero-order valence-electron chi connectivity index (χ0n) is 15.8. The van der Waals surface area contributed by atoms with E-state index in [2.05, 4.69) is 0 Å². The Hall–Kier alpha value is -2.99. The van der Waals surface area contributed by atoms with E-state index in [9.17, 15) is 14.4 Å². The van der Waals surface area contributed by atoms with Crippen LogP contribution in [-0.4, -0.2) is 40.9 Å². The Labute approximate surface area is 164 Å². The van der Waals surface area contributed by atoms with Crippen LogP contribution in [0.3, 0.4) is 0 Å². The van der Waals surface area contributed by atoms with Gasteiger partial charge in [-0.25, -0.2) is 4.79 Å². The van der Waals surface area contributed by atoms with Gasteiger partial charge in [-0.1, -0.05) is 60.7 Å². The molecule has 6 heteroatoms. The smallest absolute Gasteiger partial charge is 0.329 e. The van der Waals surface area contributed by atoms with Crippen LogP contribution in [0, 0.1) is 0 Å². The maximum Gasteiger partial charge on any atom is 0.329 e. The quantitative estimate of drug-likeness (QED) is 0.585. The number of carbonyl (C=O) groups is 3. The Bertz CT molecular complexity index is 853. The highest BCUT2D eigenvalue weighted by atomic mass is 16.5. The Kier molecular flexibility index (Phi) is 5.90. The third-order valence-electron chi connectivity index (χ3n) is 4.88. The highest BCUT2D eigenvalue weighted by Crippen LogP contribution is 2.29. The predicted octanol–water partition coefficient (Wildman–Crippen LogP) is 1.86. The summed E-state index contributed by atoms with van der Waals surface area (Å²) in [5.74, 6) is -1.58. The van der Waals surface area contributed by atoms with Gasteiger partial charge in [0.2, 0.25) is 5.91 Å². The van der Waals surface area contributed by atoms with Crippen LogP contribution in [0.15, 0.2) is 60.7 Å². The second kappa shape index (κ2) is 8.35. The Balaban J connectivity index is 1.88. The minimum absolute atomic E-state index is 0.134. The van der Waals surface area contributed by atoms with Crippen molar-refractivity contribution in [1.29, 1.82) is 0 Å². The molecule has 1 aliphatic rings. The van der Waals surface area contributed by atoms with Gasteiger partial charge in [-0.3, -0.25) is 14.5 Å². The van der Waals surface area contributed by atoms with Crippen molar-refractivity contribution in [1.82, 2.24) is 4.90 Å². The molecule has 2 atom stereocenters. The van der Waals surface area contributed by atoms with Gasteiger partial charge in [0.15, 0.2) is 0 Å². The second-order valence-corrected chi connectivity index (χ2v) is 7.02. The van der Waals surface area contributed by atoms with Crippen LogP contribution in [-0.2, 0) is 32.0 Å². The first-order valence-electron chi connectivity index (χ1n) is 9.34. The molecular weight excluding hydrogens is 356 g/mol. The number of nitrogens with two attached hydrogens (primary N) is 1. The summed E-state index contributed by atoms with van der Waals surface area (Å²) in [5, 5.41) is 0. The fraction of sp³-hybridized carbons (Fsp3) is 0.318. The van der Waals surface area contributed by atoms with Crippen molar-refractivity contribution in [2.45, 2.75) is 37.8 Å². The van der Waals surface area contributed by atoms with Gasteiger partial charge in [-0.15, -0.1) is 0 Å². The van der Waals surface area contributed by atoms with E-state index in [1.54, 1.807) is 6.92 Å². The van der Waals surface area contributed by atoms with Gasteiger partial charge in [0.05, 0.1) is 13.0 Å². The molecule has 0 aromatic heterocycles. The number of esters is 1. The minimum Gasteiger partial charge on any atom is -0.464 e. The van der Waals surface area contributed by atoms with Crippen LogP contribution < -0.4 is 5.73 Å². The Morgan fingerprint density at radius 2 is 1.64 bits per heavy atom. The Morgan fingerprint density at radius 1 is 1.07 bits per heavy atom. The van der Waals surface area contributed by atoms with Crippen molar-refractivity contribution in [2.24, 2.45) is 5.73 Å². The third-order valence-corrected chi connectivity index (χ3v) is 4.88. The molecule has 0 saturated carbocycles. The standard InChI is InChI=1S/C22H24N2O4/c1-2-28-20(26)18(13-16-9-5-3-6-10-16)24-19(25)15-22(23,21(24)27)14-17-11-7-4-8-12-17/h3-12,18H,2,13-15,23H2,1H3/t18-,22-/m1/s1. The van der Waals surface area contributed by atoms with E-state index in [4.69, 9.17) is 10.5 Å². The fourth-order valence-corrected chi connectivity index (χ4v) is 3.55. The van der Waals surface area contributed by atoms with Gasteiger partial charge >= 0.3 is 5.97 Å². The maximum absolute atomic E-state index is 13.2. The largest absolute Gasteiger partial charge is 0.464 e. The van der Waals surface area contributed by atoms with Gasteiger partial charge in [-0.05, 0) is 24.5 Å². The number of ether oxygens (including phenoxy) is 1. The van der Waals surface area contributed by atoms with E-state index in [0.717, 1.165) is 16.0 Å². The normalized spacial score (nSPS) is 20.3. The molecule has 0 bridgehead atoms. The zero-order chi connectivity index (χ0) is 20.1. The van der Waals surface area contributed by atoms with E-state index < -0.39 is 29.4 Å². The lowest BCUT2D eigenvalue weighted by Crippen LogP contribution is -2.54. The molecular formula is C22H24N2O4. The fourth-order valence-electron chi connectivity index (χ4n) is 3.55. The number of rotatable bonds is 7. The highest BCUT2D eigenvalue weighted by Gasteiger charge is 2.52. The van der Waals surface area contributed by atoms with Gasteiger partial charge in [0.1, 0.15) is 11.6 Å². The maximum atomic E-state index is 13.2. The molecule has 146 valence electrons. The van der Waals surface area contributed by atoms with Gasteiger partial charge in [0.25, 0.3) is 5.91 Å². The molecule has 0 unspecified atom stereocenters. The van der Waals surface area contributed by atoms with Crippen LogP contribution in [0.1, 0.15) is 24.5 Å². The highest BCUT2D eigenvalue weighted by molar-refractivity contribution is 6.10. The van der Waals surface area contributed by atoms with E-state index in [1.165, 1.54) is 0 Å². The molecule has 28 heavy (non-hydrogen) atoms. The molecule has 1 heterocycles. The molecule has 0 radical (unpaired) electrons. The average molecular weight is 380 g/mol. The summed E-state index contributed by atoms with van der Waals surface area (Å²) in [6.07, 6.45) is 0.291. The number of nitrogens with zero attached hydrogens (tertiary/aromatic N) is 1. The summed E-state index contributed by atoms with van der Waals surface area (Å²) in [6, 6.07) is 17.5. The van der Waals surface area contributed by atoms with Gasteiger partial charge < -0.3 is 10.5 Å². The molecule has 1 fully saturated rings. The molecule has 1 saturated heterocycles. The van der Waals surface area contributed by atoms with E-state index in [-0.39, 0.29) is 25.9 Å². The van der Waals surface area contributed by atoms with Crippen molar-refractivity contribution < 1.29 is 19.1 Å². The number of imide groups is 1. The van der Waals surface area contributed by atoms with Gasteiger partial charge in [-0.2, -0.15) is 0 Å². The van der Waals surface area contributed by atoms with Crippen LogP contribution in [0.5, 0.6) is 0 Å². The molecule has 3 rings (SSSR count). The third kappa shape index (κ3) is 4.12. The molecule has 2 amide bonds. The van der Waals surface area contributed by atoms with E-state index >= 15 is 0 Å². The van der Waals surface area contributed by atoms with Crippen molar-refractivity contribution >= 4 is 17.8 Å². The summed E-state index contributed by atoms with van der Waals surface area (Å²) >= 11 is 0. The first kappa shape index (κ1) is 19.8. The lowest BCUT2D eigenvalue weighted by atomic mass is 9.90. The number of amides is 2. The molecule has 2 N–H and O–H groups in total. The Morgan fingerprint density at radius 3 is 2.21 bits per heavy atom. The molecule has 0 spiro atoms. The molecule has 0 aliphatic carbocycles. The number of likely N-dealkylation sites (tertiary alicyclic amines) is 1. The minimum atomic E-state index is -1.36. The van der Waals surface area contributed by atoms with Crippen molar-refractivity contribution in [3.63, 3.8) is 0 Å². The van der Waals surface area contributed by atoms with Crippen molar-refractivity contribution in [2.75, 3.05) is 6.61 Å². The number of benzene rings is 2. The summed E-state index contributed by atoms with van der Waals surface area (Å²) < 4.78 is 5.15. The first-order chi connectivity index (χ1) is 13.4. The topological polar surface area (TPSA) is 89.7 Å². The summed E-state index contributed by atoms with van der Waals surface area (Å²) in [4.78, 5) is 39.5. The molecule has 2 aromatic rings. The number of carbonyl (C=O) groups excluding carboxylic acids is 3. The molecule has 1 aliphatic heterocycles. The van der Waals surface area contributed by atoms with Crippen LogP contribution in [0.25, 0.3) is 0 Å². The van der Waals surface area contributed by atoms with E-state index in [1.807, 2.05) is 60.7 Å². The lowest BCUT2D eigenvalue weighted by molar-refractivity contribution is -0.158. The summed E-state index contributed by atoms with van der Waals surface area (Å²) in [5.41, 5.74) is 6.69. The van der Waals surface area contributed by atoms with Crippen molar-refractivity contribution in [3.05, 3.63) is 71.8 Å². The van der Waals surface area contributed by atoms with Gasteiger partial charge in [0, 0.05) is 6.42 Å². The zero-order valence-corrected chi connectivity index (χ0v) is 15.8. The predicted molar refractivity (Wildman–Crippen MR) is 104 cm³/mol.